The number of anilines is 2. The van der Waals surface area contributed by atoms with E-state index in [-0.39, 0.29) is 60.5 Å². The van der Waals surface area contributed by atoms with Gasteiger partial charge in [-0.2, -0.15) is 31.1 Å². The highest BCUT2D eigenvalue weighted by molar-refractivity contribution is 5.85. The zero-order valence-corrected chi connectivity index (χ0v) is 26.1. The molecule has 4 rings (SSSR count). The maximum Gasteiger partial charge on any atom is 0.573 e. The van der Waals surface area contributed by atoms with Gasteiger partial charge in [0.15, 0.2) is 0 Å². The SMILES string of the molecule is CCN(C[C@H]1CC[C@H](CO)CC1)c1ccc(OC(F)(F)F)cc1CN(Cc1cc(C(F)(F)F)cc(C(F)(F)F)c1)c1nnn(C)n1.Cl. The number of alkyl halides is 9. The number of aromatic nitrogens is 4. The van der Waals surface area contributed by atoms with Crippen molar-refractivity contribution in [3.63, 3.8) is 0 Å². The molecule has 1 N–H and O–H groups in total. The number of nitrogens with zero attached hydrogens (tertiary/aromatic N) is 6. The summed E-state index contributed by atoms with van der Waals surface area (Å²) in [5.41, 5.74) is -2.68. The highest BCUT2D eigenvalue weighted by atomic mass is 35.5. The Bertz CT molecular complexity index is 1420. The van der Waals surface area contributed by atoms with Crippen molar-refractivity contribution >= 4 is 24.0 Å². The number of hydrogen-bond acceptors (Lipinski definition) is 7. The first kappa shape index (κ1) is 38.0. The van der Waals surface area contributed by atoms with Crippen LogP contribution in [0.4, 0.5) is 51.1 Å². The van der Waals surface area contributed by atoms with Gasteiger partial charge in [0, 0.05) is 38.5 Å². The molecule has 0 radical (unpaired) electrons. The lowest BCUT2D eigenvalue weighted by atomic mass is 9.82. The van der Waals surface area contributed by atoms with Crippen LogP contribution < -0.4 is 14.5 Å². The van der Waals surface area contributed by atoms with Gasteiger partial charge >= 0.3 is 18.7 Å². The summed E-state index contributed by atoms with van der Waals surface area (Å²) in [7, 11) is 1.40. The van der Waals surface area contributed by atoms with Crippen LogP contribution in [0.5, 0.6) is 5.75 Å². The van der Waals surface area contributed by atoms with Crippen molar-refractivity contribution in [2.75, 3.05) is 29.5 Å². The molecule has 1 saturated carbocycles. The van der Waals surface area contributed by atoms with Gasteiger partial charge in [-0.25, -0.2) is 0 Å². The molecule has 0 unspecified atom stereocenters. The van der Waals surface area contributed by atoms with Crippen LogP contribution in [-0.4, -0.2) is 51.4 Å². The molecule has 0 aliphatic heterocycles. The van der Waals surface area contributed by atoms with E-state index in [1.807, 2.05) is 11.8 Å². The number of halogens is 10. The van der Waals surface area contributed by atoms with Crippen molar-refractivity contribution in [3.8, 4) is 5.75 Å². The molecule has 8 nitrogen and oxygen atoms in total. The molecule has 0 amide bonds. The van der Waals surface area contributed by atoms with E-state index in [0.717, 1.165) is 42.6 Å². The van der Waals surface area contributed by atoms with Gasteiger partial charge in [0.25, 0.3) is 5.95 Å². The molecular formula is C29H34ClF9N6O2. The number of benzene rings is 2. The van der Waals surface area contributed by atoms with Crippen LogP contribution in [0.25, 0.3) is 0 Å². The topological polar surface area (TPSA) is 79.5 Å². The first-order valence-electron chi connectivity index (χ1n) is 14.5. The summed E-state index contributed by atoms with van der Waals surface area (Å²) in [4.78, 5) is 4.21. The van der Waals surface area contributed by atoms with E-state index in [1.54, 1.807) is 0 Å². The van der Waals surface area contributed by atoms with Crippen LogP contribution in [0.3, 0.4) is 0 Å². The molecule has 0 spiro atoms. The van der Waals surface area contributed by atoms with E-state index in [0.29, 0.717) is 30.9 Å². The second-order valence-electron chi connectivity index (χ2n) is 11.3. The molecule has 18 heteroatoms. The summed E-state index contributed by atoms with van der Waals surface area (Å²) in [5, 5.41) is 21.1. The summed E-state index contributed by atoms with van der Waals surface area (Å²) in [5.74, 6) is -0.295. The van der Waals surface area contributed by atoms with Crippen molar-refractivity contribution in [1.29, 1.82) is 0 Å². The maximum absolute atomic E-state index is 13.6. The largest absolute Gasteiger partial charge is 0.573 e. The number of tetrazole rings is 1. The molecule has 0 bridgehead atoms. The Morgan fingerprint density at radius 3 is 1.94 bits per heavy atom. The van der Waals surface area contributed by atoms with E-state index in [2.05, 4.69) is 20.1 Å². The molecule has 262 valence electrons. The van der Waals surface area contributed by atoms with E-state index in [4.69, 9.17) is 0 Å². The van der Waals surface area contributed by atoms with Crippen molar-refractivity contribution < 1.29 is 49.4 Å². The molecule has 2 aromatic carbocycles. The highest BCUT2D eigenvalue weighted by Crippen LogP contribution is 2.38. The van der Waals surface area contributed by atoms with Gasteiger partial charge < -0.3 is 19.6 Å². The van der Waals surface area contributed by atoms with Gasteiger partial charge in [-0.05, 0) is 97.2 Å². The fourth-order valence-electron chi connectivity index (χ4n) is 5.63. The lowest BCUT2D eigenvalue weighted by Crippen LogP contribution is -2.33. The lowest BCUT2D eigenvalue weighted by molar-refractivity contribution is -0.274. The van der Waals surface area contributed by atoms with Gasteiger partial charge in [-0.1, -0.05) is 5.10 Å². The van der Waals surface area contributed by atoms with Crippen LogP contribution in [0.1, 0.15) is 54.9 Å². The average molecular weight is 705 g/mol. The van der Waals surface area contributed by atoms with Crippen LogP contribution in [-0.2, 0) is 32.5 Å². The van der Waals surface area contributed by atoms with Crippen LogP contribution >= 0.6 is 12.4 Å². The maximum atomic E-state index is 13.6. The Labute approximate surface area is 270 Å². The Morgan fingerprint density at radius 2 is 1.45 bits per heavy atom. The molecule has 1 aliphatic carbocycles. The quantitative estimate of drug-likeness (QED) is 0.209. The number of rotatable bonds is 11. The molecule has 1 aliphatic rings. The van der Waals surface area contributed by atoms with Crippen molar-refractivity contribution in [2.45, 2.75) is 64.4 Å². The molecule has 47 heavy (non-hydrogen) atoms. The van der Waals surface area contributed by atoms with Gasteiger partial charge in [0.1, 0.15) is 5.75 Å². The van der Waals surface area contributed by atoms with Gasteiger partial charge in [-0.3, -0.25) is 0 Å². The van der Waals surface area contributed by atoms with Crippen molar-refractivity contribution in [3.05, 3.63) is 58.7 Å². The van der Waals surface area contributed by atoms with E-state index in [1.165, 1.54) is 18.0 Å². The number of aryl methyl sites for hydroxylation is 1. The van der Waals surface area contributed by atoms with Crippen LogP contribution in [0, 0.1) is 11.8 Å². The molecule has 0 atom stereocenters. The zero-order valence-electron chi connectivity index (χ0n) is 25.3. The van der Waals surface area contributed by atoms with Crippen LogP contribution in [0.15, 0.2) is 36.4 Å². The Balaban J connectivity index is 0.00000600. The first-order chi connectivity index (χ1) is 21.4. The van der Waals surface area contributed by atoms with Gasteiger partial charge in [-0.15, -0.1) is 30.7 Å². The number of ether oxygens (including phenoxy) is 1. The monoisotopic (exact) mass is 704 g/mol. The minimum atomic E-state index is -5.08. The molecule has 1 fully saturated rings. The third-order valence-electron chi connectivity index (χ3n) is 7.87. The minimum Gasteiger partial charge on any atom is -0.406 e. The van der Waals surface area contributed by atoms with Gasteiger partial charge in [0.2, 0.25) is 0 Å². The smallest absolute Gasteiger partial charge is 0.406 e. The Morgan fingerprint density at radius 1 is 0.851 bits per heavy atom. The molecule has 0 saturated heterocycles. The predicted molar refractivity (Wildman–Crippen MR) is 156 cm³/mol. The van der Waals surface area contributed by atoms with Crippen LogP contribution in [0.2, 0.25) is 0 Å². The minimum absolute atomic E-state index is 0. The molecule has 1 heterocycles. The van der Waals surface area contributed by atoms with E-state index >= 15 is 0 Å². The van der Waals surface area contributed by atoms with Crippen molar-refractivity contribution in [1.82, 2.24) is 20.2 Å². The fraction of sp³-hybridized carbons (Fsp3) is 0.552. The summed E-state index contributed by atoms with van der Waals surface area (Å²) in [6.45, 7) is 2.04. The van der Waals surface area contributed by atoms with E-state index in [9.17, 15) is 44.6 Å². The number of aliphatic hydroxyl groups excluding tert-OH is 1. The predicted octanol–water partition coefficient (Wildman–Crippen LogP) is 7.40. The normalized spacial score (nSPS) is 17.3. The van der Waals surface area contributed by atoms with Crippen molar-refractivity contribution in [2.24, 2.45) is 18.9 Å². The lowest BCUT2D eigenvalue weighted by Gasteiger charge is -2.34. The molecule has 3 aromatic rings. The standard InChI is InChI=1S/C29H33F9N6O2.ClH/c1-3-43(14-18-4-6-19(17-45)7-5-18)25-9-8-24(46-29(36,37)38)12-21(25)16-44(26-39-41-42(2)40-26)15-20-10-22(27(30,31)32)13-23(11-20)28(33,34)35;/h8-13,18-19,45H,3-7,14-17H2,1-2H3;1H/t18-,19-;. The summed E-state index contributed by atoms with van der Waals surface area (Å²) in [6, 6.07) is 4.87. The second kappa shape index (κ2) is 15.2. The average Bonchev–Trinajstić information content (AvgIpc) is 3.40. The summed E-state index contributed by atoms with van der Waals surface area (Å²) >= 11 is 0. The second-order valence-corrected chi connectivity index (χ2v) is 11.3. The summed E-state index contributed by atoms with van der Waals surface area (Å²) < 4.78 is 125. The summed E-state index contributed by atoms with van der Waals surface area (Å²) in [6.07, 6.45) is -11.9. The first-order valence-corrected chi connectivity index (χ1v) is 14.5. The van der Waals surface area contributed by atoms with E-state index < -0.39 is 42.1 Å². The van der Waals surface area contributed by atoms with Gasteiger partial charge in [0.05, 0.1) is 18.2 Å². The molecular weight excluding hydrogens is 671 g/mol. The third kappa shape index (κ3) is 10.5. The fourth-order valence-corrected chi connectivity index (χ4v) is 5.63. The number of aliphatic hydroxyl groups is 1. The Hall–Kier alpha value is -3.47. The third-order valence-corrected chi connectivity index (χ3v) is 7.87. The Kier molecular flexibility index (Phi) is 12.3. The molecule has 1 aromatic heterocycles. The zero-order chi connectivity index (χ0) is 33.9. The number of hydrogen-bond donors (Lipinski definition) is 1. The highest BCUT2D eigenvalue weighted by Gasteiger charge is 2.37.